The second-order valence-corrected chi connectivity index (χ2v) is 6.09. The van der Waals surface area contributed by atoms with Crippen LogP contribution in [0.15, 0.2) is 60.8 Å². The van der Waals surface area contributed by atoms with Gasteiger partial charge in [-0.15, -0.1) is 0 Å². The van der Waals surface area contributed by atoms with Gasteiger partial charge in [0.2, 0.25) is 0 Å². The van der Waals surface area contributed by atoms with Gasteiger partial charge in [-0.3, -0.25) is 9.69 Å². The second kappa shape index (κ2) is 5.77. The second-order valence-electron chi connectivity index (χ2n) is 6.09. The van der Waals surface area contributed by atoms with E-state index >= 15 is 0 Å². The molecule has 1 aliphatic rings. The van der Waals surface area contributed by atoms with E-state index in [4.69, 9.17) is 0 Å². The fourth-order valence-corrected chi connectivity index (χ4v) is 3.50. The Balaban J connectivity index is 1.92. The fraction of sp³-hybridized carbons (Fsp3) is 0.150. The summed E-state index contributed by atoms with van der Waals surface area (Å²) in [5, 5.41) is 9.71. The molecule has 0 saturated heterocycles. The summed E-state index contributed by atoms with van der Waals surface area (Å²) in [5.74, 6) is -0.626. The molecule has 4 nitrogen and oxygen atoms in total. The molecule has 1 amide bonds. The van der Waals surface area contributed by atoms with Crippen molar-refractivity contribution in [2.75, 3.05) is 4.90 Å². The smallest absolute Gasteiger partial charge is 0.259 e. The van der Waals surface area contributed by atoms with Crippen LogP contribution in [0.2, 0.25) is 0 Å². The van der Waals surface area contributed by atoms with E-state index < -0.39 is 5.82 Å². The van der Waals surface area contributed by atoms with Gasteiger partial charge in [0.05, 0.1) is 17.4 Å². The van der Waals surface area contributed by atoms with Crippen LogP contribution in [0.3, 0.4) is 0 Å². The first kappa shape index (κ1) is 15.4. The van der Waals surface area contributed by atoms with Gasteiger partial charge in [0.15, 0.2) is 0 Å². The number of carbonyl (C=O) groups excluding carboxylic acids is 1. The Morgan fingerprint density at radius 1 is 1.12 bits per heavy atom. The summed E-state index contributed by atoms with van der Waals surface area (Å²) in [7, 11) is 0. The van der Waals surface area contributed by atoms with Crippen LogP contribution < -0.4 is 4.90 Å². The molecule has 0 saturated carbocycles. The molecule has 0 aliphatic carbocycles. The molecule has 1 aliphatic heterocycles. The number of benzene rings is 2. The van der Waals surface area contributed by atoms with E-state index in [1.807, 2.05) is 29.8 Å². The molecule has 1 aromatic heterocycles. The topological polar surface area (TPSA) is 45.5 Å². The maximum atomic E-state index is 13.9. The third kappa shape index (κ3) is 2.39. The Bertz CT molecular complexity index is 964. The number of hydrogen-bond donors (Lipinski definition) is 1. The first-order valence-corrected chi connectivity index (χ1v) is 8.20. The maximum absolute atomic E-state index is 13.9. The lowest BCUT2D eigenvalue weighted by molar-refractivity contribution is 0.0973. The molecule has 126 valence electrons. The molecule has 3 aromatic rings. The third-order valence-electron chi connectivity index (χ3n) is 4.59. The van der Waals surface area contributed by atoms with Crippen molar-refractivity contribution in [1.29, 1.82) is 0 Å². The zero-order chi connectivity index (χ0) is 17.6. The number of aromatic hydroxyl groups is 1. The van der Waals surface area contributed by atoms with Gasteiger partial charge in [-0.2, -0.15) is 0 Å². The summed E-state index contributed by atoms with van der Waals surface area (Å²) in [6, 6.07) is 14.4. The third-order valence-corrected chi connectivity index (χ3v) is 4.59. The minimum Gasteiger partial charge on any atom is -0.508 e. The van der Waals surface area contributed by atoms with Crippen molar-refractivity contribution in [3.8, 4) is 11.4 Å². The van der Waals surface area contributed by atoms with E-state index in [2.05, 4.69) is 0 Å². The molecule has 1 N–H and O–H groups in total. The molecule has 5 heteroatoms. The van der Waals surface area contributed by atoms with E-state index in [0.717, 1.165) is 11.4 Å². The van der Waals surface area contributed by atoms with Crippen molar-refractivity contribution >= 4 is 11.6 Å². The highest BCUT2D eigenvalue weighted by atomic mass is 19.1. The quantitative estimate of drug-likeness (QED) is 0.752. The number of anilines is 1. The molecular weight excluding hydrogens is 319 g/mol. The SMILES string of the molecule is CCC1c2cccn2-c2ccc(F)cc2N1C(=O)c1cccc(O)c1. The lowest BCUT2D eigenvalue weighted by Crippen LogP contribution is -2.39. The van der Waals surface area contributed by atoms with Crippen molar-refractivity contribution in [3.05, 3.63) is 77.9 Å². The Kier molecular flexibility index (Phi) is 3.57. The fourth-order valence-electron chi connectivity index (χ4n) is 3.50. The van der Waals surface area contributed by atoms with Crippen LogP contribution in [0.25, 0.3) is 5.69 Å². The van der Waals surface area contributed by atoms with E-state index in [9.17, 15) is 14.3 Å². The first-order chi connectivity index (χ1) is 12.1. The summed E-state index contributed by atoms with van der Waals surface area (Å²) in [5.41, 5.74) is 2.65. The largest absolute Gasteiger partial charge is 0.508 e. The molecule has 4 rings (SSSR count). The molecule has 0 spiro atoms. The summed E-state index contributed by atoms with van der Waals surface area (Å²) in [6.45, 7) is 2.00. The lowest BCUT2D eigenvalue weighted by atomic mass is 10.0. The van der Waals surface area contributed by atoms with E-state index in [1.54, 1.807) is 23.1 Å². The summed E-state index contributed by atoms with van der Waals surface area (Å²) in [4.78, 5) is 14.8. The molecule has 0 radical (unpaired) electrons. The molecule has 0 fully saturated rings. The average molecular weight is 336 g/mol. The van der Waals surface area contributed by atoms with Gasteiger partial charge < -0.3 is 9.67 Å². The van der Waals surface area contributed by atoms with Crippen molar-refractivity contribution in [2.45, 2.75) is 19.4 Å². The minimum atomic E-state index is -0.391. The monoisotopic (exact) mass is 336 g/mol. The Morgan fingerprint density at radius 2 is 1.96 bits per heavy atom. The van der Waals surface area contributed by atoms with Crippen LogP contribution in [-0.2, 0) is 0 Å². The molecule has 2 aromatic carbocycles. The van der Waals surface area contributed by atoms with Crippen molar-refractivity contribution in [3.63, 3.8) is 0 Å². The van der Waals surface area contributed by atoms with E-state index in [0.29, 0.717) is 17.7 Å². The van der Waals surface area contributed by atoms with Gasteiger partial charge in [0.1, 0.15) is 11.6 Å². The van der Waals surface area contributed by atoms with Gasteiger partial charge in [-0.1, -0.05) is 13.0 Å². The van der Waals surface area contributed by atoms with E-state index in [-0.39, 0.29) is 17.7 Å². The highest BCUT2D eigenvalue weighted by Gasteiger charge is 2.34. The van der Waals surface area contributed by atoms with Crippen molar-refractivity contribution < 1.29 is 14.3 Å². The Morgan fingerprint density at radius 3 is 2.72 bits per heavy atom. The number of carbonyl (C=O) groups is 1. The van der Waals surface area contributed by atoms with Crippen LogP contribution in [0.1, 0.15) is 35.4 Å². The predicted molar refractivity (Wildman–Crippen MR) is 93.7 cm³/mol. The first-order valence-electron chi connectivity index (χ1n) is 8.20. The number of amides is 1. The van der Waals surface area contributed by atoms with Crippen LogP contribution in [0, 0.1) is 5.82 Å². The van der Waals surface area contributed by atoms with Crippen molar-refractivity contribution in [1.82, 2.24) is 4.57 Å². The predicted octanol–water partition coefficient (Wildman–Crippen LogP) is 4.43. The normalized spacial score (nSPS) is 15.6. The van der Waals surface area contributed by atoms with Gasteiger partial charge in [-0.05, 0) is 55.0 Å². The number of fused-ring (bicyclic) bond motifs is 3. The van der Waals surface area contributed by atoms with Gasteiger partial charge in [-0.25, -0.2) is 4.39 Å². The van der Waals surface area contributed by atoms with Crippen LogP contribution in [0.5, 0.6) is 5.75 Å². The number of hydrogen-bond acceptors (Lipinski definition) is 2. The van der Waals surface area contributed by atoms with Crippen LogP contribution >= 0.6 is 0 Å². The summed E-state index contributed by atoms with van der Waals surface area (Å²) in [6.07, 6.45) is 2.61. The zero-order valence-electron chi connectivity index (χ0n) is 13.7. The minimum absolute atomic E-state index is 0.0266. The number of aromatic nitrogens is 1. The highest BCUT2D eigenvalue weighted by molar-refractivity contribution is 6.08. The summed E-state index contributed by atoms with van der Waals surface area (Å²) < 4.78 is 15.9. The zero-order valence-corrected chi connectivity index (χ0v) is 13.7. The van der Waals surface area contributed by atoms with E-state index in [1.165, 1.54) is 24.3 Å². The molecule has 0 bridgehead atoms. The maximum Gasteiger partial charge on any atom is 0.259 e. The Hall–Kier alpha value is -3.08. The number of nitrogens with zero attached hydrogens (tertiary/aromatic N) is 2. The van der Waals surface area contributed by atoms with Gasteiger partial charge in [0.25, 0.3) is 5.91 Å². The molecule has 2 heterocycles. The van der Waals surface area contributed by atoms with Gasteiger partial charge >= 0.3 is 0 Å². The summed E-state index contributed by atoms with van der Waals surface area (Å²) >= 11 is 0. The molecule has 25 heavy (non-hydrogen) atoms. The van der Waals surface area contributed by atoms with Crippen LogP contribution in [0.4, 0.5) is 10.1 Å². The number of halogens is 1. The molecule has 1 unspecified atom stereocenters. The standard InChI is InChI=1S/C20H17FN2O2/c1-2-16-17-7-4-10-22(17)18-9-8-14(21)12-19(18)23(16)20(25)13-5-3-6-15(24)11-13/h3-12,16,24H,2H2,1H3. The van der Waals surface area contributed by atoms with Crippen molar-refractivity contribution in [2.24, 2.45) is 0 Å². The molecular formula is C20H17FN2O2. The highest BCUT2D eigenvalue weighted by Crippen LogP contribution is 2.41. The Labute approximate surface area is 144 Å². The van der Waals surface area contributed by atoms with Crippen LogP contribution in [-0.4, -0.2) is 15.6 Å². The van der Waals surface area contributed by atoms with Gasteiger partial charge in [0, 0.05) is 17.5 Å². The number of phenolic OH excluding ortho intramolecular Hbond substituents is 1. The lowest BCUT2D eigenvalue weighted by Gasteiger charge is -2.38. The number of phenols is 1. The average Bonchev–Trinajstić information content (AvgIpc) is 3.09. The molecule has 1 atom stereocenters. The number of rotatable bonds is 2.